The molecule has 90 valence electrons. The standard InChI is InChI=1S/C6H13O7PS/c1-15-2-3-4(7)5(8)6(12-3)13-14(9,10)11/h3-8H,2H2,1H3,(H2,9,10,11)/p-2/t3-,4-,5-,6-/m1/s1. The van der Waals surface area contributed by atoms with Crippen LogP contribution in [0.5, 0.6) is 0 Å². The van der Waals surface area contributed by atoms with E-state index in [1.807, 2.05) is 0 Å². The molecule has 0 aromatic heterocycles. The number of aliphatic hydroxyl groups excluding tert-OH is 2. The predicted molar refractivity (Wildman–Crippen MR) is 47.7 cm³/mol. The second kappa shape index (κ2) is 5.11. The van der Waals surface area contributed by atoms with Crippen molar-refractivity contribution in [1.29, 1.82) is 0 Å². The molecule has 0 aromatic rings. The quantitative estimate of drug-likeness (QED) is 0.537. The first-order valence-electron chi connectivity index (χ1n) is 4.06. The van der Waals surface area contributed by atoms with Gasteiger partial charge in [0.15, 0.2) is 6.29 Å². The first-order chi connectivity index (χ1) is 6.85. The molecule has 2 N–H and O–H groups in total. The van der Waals surface area contributed by atoms with E-state index in [-0.39, 0.29) is 0 Å². The Labute approximate surface area is 90.6 Å². The van der Waals surface area contributed by atoms with Gasteiger partial charge in [-0.25, -0.2) is 0 Å². The molecule has 4 atom stereocenters. The minimum Gasteiger partial charge on any atom is -0.790 e. The molecular formula is C6H11O7PS-2. The lowest BCUT2D eigenvalue weighted by atomic mass is 10.2. The molecule has 1 aliphatic heterocycles. The van der Waals surface area contributed by atoms with Crippen LogP contribution in [-0.4, -0.2) is 46.8 Å². The molecule has 0 spiro atoms. The fourth-order valence-corrected chi connectivity index (χ4v) is 2.26. The zero-order valence-electron chi connectivity index (χ0n) is 7.81. The molecule has 1 aliphatic rings. The van der Waals surface area contributed by atoms with Gasteiger partial charge in [0.2, 0.25) is 0 Å². The molecule has 1 heterocycles. The van der Waals surface area contributed by atoms with E-state index < -0.39 is 32.4 Å². The summed E-state index contributed by atoms with van der Waals surface area (Å²) in [6.07, 6.45) is -3.39. The van der Waals surface area contributed by atoms with Crippen LogP contribution in [0.15, 0.2) is 0 Å². The highest BCUT2D eigenvalue weighted by Crippen LogP contribution is 2.34. The Morgan fingerprint density at radius 2 is 2.07 bits per heavy atom. The number of rotatable bonds is 4. The molecule has 0 aromatic carbocycles. The van der Waals surface area contributed by atoms with Crippen LogP contribution in [0.4, 0.5) is 0 Å². The third-order valence-electron chi connectivity index (χ3n) is 1.88. The number of hydrogen-bond donors (Lipinski definition) is 2. The summed E-state index contributed by atoms with van der Waals surface area (Å²) in [5, 5.41) is 18.7. The summed E-state index contributed by atoms with van der Waals surface area (Å²) in [5.74, 6) is 0.361. The van der Waals surface area contributed by atoms with Crippen LogP contribution < -0.4 is 9.79 Å². The van der Waals surface area contributed by atoms with Gasteiger partial charge in [-0.1, -0.05) is 0 Å². The fourth-order valence-electron chi connectivity index (χ4n) is 1.23. The van der Waals surface area contributed by atoms with Crippen molar-refractivity contribution in [3.63, 3.8) is 0 Å². The Kier molecular flexibility index (Phi) is 4.57. The van der Waals surface area contributed by atoms with Gasteiger partial charge >= 0.3 is 0 Å². The minimum absolute atomic E-state index is 0.361. The van der Waals surface area contributed by atoms with E-state index in [1.165, 1.54) is 11.8 Å². The van der Waals surface area contributed by atoms with Gasteiger partial charge in [-0.3, -0.25) is 0 Å². The van der Waals surface area contributed by atoms with Crippen LogP contribution in [0.25, 0.3) is 0 Å². The number of phosphoric acid groups is 1. The van der Waals surface area contributed by atoms with E-state index >= 15 is 0 Å². The molecule has 0 aliphatic carbocycles. The second-order valence-electron chi connectivity index (χ2n) is 3.03. The van der Waals surface area contributed by atoms with E-state index in [9.17, 15) is 24.6 Å². The van der Waals surface area contributed by atoms with Gasteiger partial charge in [-0.05, 0) is 6.26 Å². The Hall–Kier alpha value is 0.340. The Morgan fingerprint density at radius 1 is 1.47 bits per heavy atom. The number of ether oxygens (including phenoxy) is 1. The SMILES string of the molecule is CSC[C@H]1O[C@H](OP(=O)([O-])[O-])[C@H](O)[C@@H]1O. The molecule has 0 saturated carbocycles. The fraction of sp³-hybridized carbons (Fsp3) is 1.00. The molecule has 1 rings (SSSR count). The molecule has 9 heteroatoms. The Balaban J connectivity index is 2.59. The molecule has 1 fully saturated rings. The van der Waals surface area contributed by atoms with Crippen LogP contribution in [-0.2, 0) is 13.8 Å². The highest BCUT2D eigenvalue weighted by atomic mass is 32.2. The number of hydrogen-bond acceptors (Lipinski definition) is 8. The van der Waals surface area contributed by atoms with E-state index in [0.29, 0.717) is 5.75 Å². The van der Waals surface area contributed by atoms with Crippen molar-refractivity contribution < 1.29 is 33.8 Å². The van der Waals surface area contributed by atoms with Crippen molar-refractivity contribution in [3.05, 3.63) is 0 Å². The van der Waals surface area contributed by atoms with E-state index in [1.54, 1.807) is 6.26 Å². The Bertz CT molecular complexity index is 256. The lowest BCUT2D eigenvalue weighted by molar-refractivity contribution is -0.354. The number of aliphatic hydroxyl groups is 2. The summed E-state index contributed by atoms with van der Waals surface area (Å²) in [6.45, 7) is 0. The molecule has 0 bridgehead atoms. The molecule has 7 nitrogen and oxygen atoms in total. The lowest BCUT2D eigenvalue weighted by Gasteiger charge is -2.32. The van der Waals surface area contributed by atoms with Crippen LogP contribution in [0.1, 0.15) is 0 Å². The van der Waals surface area contributed by atoms with Crippen LogP contribution in [0, 0.1) is 0 Å². The van der Waals surface area contributed by atoms with Crippen LogP contribution >= 0.6 is 19.6 Å². The molecule has 0 unspecified atom stereocenters. The van der Waals surface area contributed by atoms with Crippen LogP contribution in [0.3, 0.4) is 0 Å². The summed E-state index contributed by atoms with van der Waals surface area (Å²) >= 11 is 1.35. The van der Waals surface area contributed by atoms with E-state index in [0.717, 1.165) is 0 Å². The van der Waals surface area contributed by atoms with Crippen molar-refractivity contribution in [2.45, 2.75) is 24.6 Å². The molecule has 0 amide bonds. The third kappa shape index (κ3) is 3.69. The van der Waals surface area contributed by atoms with Gasteiger partial charge in [-0.2, -0.15) is 11.8 Å². The average molecular weight is 258 g/mol. The summed E-state index contributed by atoms with van der Waals surface area (Å²) in [6, 6.07) is 0. The summed E-state index contributed by atoms with van der Waals surface area (Å²) in [7, 11) is -5.23. The highest BCUT2D eigenvalue weighted by molar-refractivity contribution is 7.98. The van der Waals surface area contributed by atoms with Crippen molar-refractivity contribution >= 4 is 19.6 Å². The lowest BCUT2D eigenvalue weighted by Crippen LogP contribution is -2.35. The molecule has 15 heavy (non-hydrogen) atoms. The van der Waals surface area contributed by atoms with Gasteiger partial charge < -0.3 is 33.8 Å². The van der Waals surface area contributed by atoms with Gasteiger partial charge in [0, 0.05) is 5.75 Å². The third-order valence-corrected chi connectivity index (χ3v) is 3.01. The van der Waals surface area contributed by atoms with Crippen molar-refractivity contribution in [2.24, 2.45) is 0 Å². The first kappa shape index (κ1) is 13.4. The van der Waals surface area contributed by atoms with Gasteiger partial charge in [0.25, 0.3) is 0 Å². The highest BCUT2D eigenvalue weighted by Gasteiger charge is 2.43. The molecular weight excluding hydrogens is 247 g/mol. The second-order valence-corrected chi connectivity index (χ2v) is 5.05. The van der Waals surface area contributed by atoms with Gasteiger partial charge in [0.05, 0.1) is 13.9 Å². The Morgan fingerprint density at radius 3 is 2.53 bits per heavy atom. The molecule has 0 radical (unpaired) electrons. The first-order valence-corrected chi connectivity index (χ1v) is 6.91. The van der Waals surface area contributed by atoms with Crippen molar-refractivity contribution in [1.82, 2.24) is 0 Å². The number of thioether (sulfide) groups is 1. The van der Waals surface area contributed by atoms with Crippen molar-refractivity contribution in [2.75, 3.05) is 12.0 Å². The minimum atomic E-state index is -5.23. The van der Waals surface area contributed by atoms with Gasteiger partial charge in [-0.15, -0.1) is 0 Å². The largest absolute Gasteiger partial charge is 0.790 e. The zero-order valence-corrected chi connectivity index (χ0v) is 9.52. The summed E-state index contributed by atoms with van der Waals surface area (Å²) in [4.78, 5) is 20.6. The van der Waals surface area contributed by atoms with Crippen molar-refractivity contribution in [3.8, 4) is 0 Å². The van der Waals surface area contributed by atoms with Crippen LogP contribution in [0.2, 0.25) is 0 Å². The topological polar surface area (TPSA) is 122 Å². The average Bonchev–Trinajstić information content (AvgIpc) is 2.32. The van der Waals surface area contributed by atoms with E-state index in [2.05, 4.69) is 4.52 Å². The summed E-state index contributed by atoms with van der Waals surface area (Å²) in [5.41, 5.74) is 0. The maximum absolute atomic E-state index is 10.3. The smallest absolute Gasteiger partial charge is 0.191 e. The summed E-state index contributed by atoms with van der Waals surface area (Å²) < 4.78 is 19.1. The maximum atomic E-state index is 10.3. The monoisotopic (exact) mass is 258 g/mol. The zero-order chi connectivity index (χ0) is 11.6. The van der Waals surface area contributed by atoms with Gasteiger partial charge in [0.1, 0.15) is 12.2 Å². The number of phosphoric ester groups is 1. The van der Waals surface area contributed by atoms with E-state index in [4.69, 9.17) is 4.74 Å². The predicted octanol–water partition coefficient (Wildman–Crippen LogP) is -2.36. The maximum Gasteiger partial charge on any atom is 0.191 e. The normalized spacial score (nSPS) is 37.1. The molecule has 1 saturated heterocycles.